The van der Waals surface area contributed by atoms with Gasteiger partial charge in [-0.1, -0.05) is 11.6 Å². The molecule has 0 saturated heterocycles. The van der Waals surface area contributed by atoms with Crippen molar-refractivity contribution >= 4 is 28.9 Å². The third-order valence-electron chi connectivity index (χ3n) is 2.68. The number of nitrogen functional groups attached to an aromatic ring is 1. The molecule has 21 heavy (non-hydrogen) atoms. The predicted octanol–water partition coefficient (Wildman–Crippen LogP) is 3.71. The molecule has 110 valence electrons. The fourth-order valence-electron chi connectivity index (χ4n) is 1.79. The summed E-state index contributed by atoms with van der Waals surface area (Å²) in [5.74, 6) is -0.603. The van der Waals surface area contributed by atoms with Crippen molar-refractivity contribution < 1.29 is 13.9 Å². The van der Waals surface area contributed by atoms with Crippen LogP contribution in [-0.4, -0.2) is 12.5 Å². The van der Waals surface area contributed by atoms with Gasteiger partial charge in [-0.05, 0) is 37.3 Å². The Balaban J connectivity index is 2.23. The molecular formula is C15H14ClFN2O2. The first-order valence-corrected chi connectivity index (χ1v) is 6.67. The van der Waals surface area contributed by atoms with Gasteiger partial charge in [0.1, 0.15) is 11.6 Å². The zero-order valence-electron chi connectivity index (χ0n) is 11.3. The van der Waals surface area contributed by atoms with Gasteiger partial charge in [0.2, 0.25) is 0 Å². The number of ether oxygens (including phenoxy) is 1. The highest BCUT2D eigenvalue weighted by Gasteiger charge is 2.11. The number of carbonyl (C=O) groups excluding carboxylic acids is 1. The highest BCUT2D eigenvalue weighted by Crippen LogP contribution is 2.22. The fourth-order valence-corrected chi connectivity index (χ4v) is 1.95. The molecule has 0 heterocycles. The molecule has 0 aliphatic heterocycles. The standard InChI is InChI=1S/C15H14ClFN2O2/c1-2-21-12-6-9(5-11(18)8-12)15(20)19-14-4-3-10(16)7-13(14)17/h3-8H,2,18H2,1H3,(H,19,20). The van der Waals surface area contributed by atoms with Crippen LogP contribution in [0, 0.1) is 5.82 Å². The molecular weight excluding hydrogens is 295 g/mol. The van der Waals surface area contributed by atoms with Crippen molar-refractivity contribution in [2.45, 2.75) is 6.92 Å². The maximum Gasteiger partial charge on any atom is 0.255 e. The largest absolute Gasteiger partial charge is 0.494 e. The topological polar surface area (TPSA) is 64.3 Å². The third kappa shape index (κ3) is 3.86. The molecule has 0 aliphatic carbocycles. The molecule has 3 N–H and O–H groups in total. The van der Waals surface area contributed by atoms with Crippen LogP contribution in [0.25, 0.3) is 0 Å². The van der Waals surface area contributed by atoms with Crippen LogP contribution in [0.15, 0.2) is 36.4 Å². The predicted molar refractivity (Wildman–Crippen MR) is 81.4 cm³/mol. The third-order valence-corrected chi connectivity index (χ3v) is 2.92. The molecule has 0 bridgehead atoms. The summed E-state index contributed by atoms with van der Waals surface area (Å²) in [6.45, 7) is 2.28. The molecule has 2 rings (SSSR count). The molecule has 4 nitrogen and oxygen atoms in total. The van der Waals surface area contributed by atoms with Crippen molar-refractivity contribution in [3.63, 3.8) is 0 Å². The van der Waals surface area contributed by atoms with E-state index in [1.807, 2.05) is 6.92 Å². The van der Waals surface area contributed by atoms with E-state index in [-0.39, 0.29) is 16.3 Å². The molecule has 0 aromatic heterocycles. The Morgan fingerprint density at radius 2 is 2.10 bits per heavy atom. The molecule has 0 spiro atoms. The number of carbonyl (C=O) groups is 1. The lowest BCUT2D eigenvalue weighted by molar-refractivity contribution is 0.102. The maximum atomic E-state index is 13.7. The Labute approximate surface area is 126 Å². The van der Waals surface area contributed by atoms with Gasteiger partial charge in [0.15, 0.2) is 0 Å². The molecule has 0 fully saturated rings. The van der Waals surface area contributed by atoms with Crippen molar-refractivity contribution in [2.24, 2.45) is 0 Å². The number of nitrogens with two attached hydrogens (primary N) is 1. The van der Waals surface area contributed by atoms with Crippen molar-refractivity contribution in [1.29, 1.82) is 0 Å². The zero-order chi connectivity index (χ0) is 15.4. The summed E-state index contributed by atoms with van der Waals surface area (Å²) >= 11 is 5.66. The minimum Gasteiger partial charge on any atom is -0.494 e. The molecule has 1 amide bonds. The highest BCUT2D eigenvalue weighted by atomic mass is 35.5. The van der Waals surface area contributed by atoms with Crippen LogP contribution in [0.4, 0.5) is 15.8 Å². The van der Waals surface area contributed by atoms with E-state index in [0.29, 0.717) is 18.0 Å². The molecule has 0 radical (unpaired) electrons. The second-order valence-electron chi connectivity index (χ2n) is 4.30. The first kappa shape index (κ1) is 15.1. The Morgan fingerprint density at radius 3 is 2.76 bits per heavy atom. The zero-order valence-corrected chi connectivity index (χ0v) is 12.1. The van der Waals surface area contributed by atoms with Crippen molar-refractivity contribution in [2.75, 3.05) is 17.7 Å². The molecule has 6 heteroatoms. The van der Waals surface area contributed by atoms with Crippen LogP contribution in [0.2, 0.25) is 5.02 Å². The van der Waals surface area contributed by atoms with Crippen LogP contribution in [0.5, 0.6) is 5.75 Å². The maximum absolute atomic E-state index is 13.7. The number of anilines is 2. The number of benzene rings is 2. The summed E-state index contributed by atoms with van der Waals surface area (Å²) in [6.07, 6.45) is 0. The quantitative estimate of drug-likeness (QED) is 0.846. The van der Waals surface area contributed by atoms with Crippen LogP contribution < -0.4 is 15.8 Å². The van der Waals surface area contributed by atoms with Gasteiger partial charge in [0.25, 0.3) is 5.91 Å². The van der Waals surface area contributed by atoms with Gasteiger partial charge in [0, 0.05) is 22.3 Å². The van der Waals surface area contributed by atoms with E-state index in [1.54, 1.807) is 12.1 Å². The van der Waals surface area contributed by atoms with Crippen LogP contribution in [-0.2, 0) is 0 Å². The van der Waals surface area contributed by atoms with E-state index >= 15 is 0 Å². The highest BCUT2D eigenvalue weighted by molar-refractivity contribution is 6.30. The minimum atomic E-state index is -0.607. The number of hydrogen-bond acceptors (Lipinski definition) is 3. The summed E-state index contributed by atoms with van der Waals surface area (Å²) in [5.41, 5.74) is 6.44. The Bertz CT molecular complexity index is 677. The van der Waals surface area contributed by atoms with Gasteiger partial charge in [0.05, 0.1) is 12.3 Å². The second-order valence-corrected chi connectivity index (χ2v) is 4.74. The molecule has 0 unspecified atom stereocenters. The van der Waals surface area contributed by atoms with Gasteiger partial charge in [-0.25, -0.2) is 4.39 Å². The first-order chi connectivity index (χ1) is 9.99. The van der Waals surface area contributed by atoms with E-state index in [0.717, 1.165) is 6.07 Å². The van der Waals surface area contributed by atoms with Gasteiger partial charge < -0.3 is 15.8 Å². The van der Waals surface area contributed by atoms with E-state index < -0.39 is 11.7 Å². The molecule has 0 aliphatic rings. The van der Waals surface area contributed by atoms with Gasteiger partial charge in [-0.3, -0.25) is 4.79 Å². The lowest BCUT2D eigenvalue weighted by Gasteiger charge is -2.09. The summed E-state index contributed by atoms with van der Waals surface area (Å²) < 4.78 is 19.0. The Morgan fingerprint density at radius 1 is 1.33 bits per heavy atom. The number of amides is 1. The summed E-state index contributed by atoms with van der Waals surface area (Å²) in [4.78, 5) is 12.1. The number of nitrogens with one attached hydrogen (secondary N) is 1. The monoisotopic (exact) mass is 308 g/mol. The minimum absolute atomic E-state index is 0.0461. The Hall–Kier alpha value is -2.27. The van der Waals surface area contributed by atoms with Gasteiger partial charge >= 0.3 is 0 Å². The van der Waals surface area contributed by atoms with Crippen LogP contribution in [0.1, 0.15) is 17.3 Å². The van der Waals surface area contributed by atoms with Crippen LogP contribution >= 0.6 is 11.6 Å². The molecule has 2 aromatic rings. The fraction of sp³-hybridized carbons (Fsp3) is 0.133. The summed E-state index contributed by atoms with van der Waals surface area (Å²) in [7, 11) is 0. The summed E-state index contributed by atoms with van der Waals surface area (Å²) in [6, 6.07) is 8.66. The second kappa shape index (κ2) is 6.45. The first-order valence-electron chi connectivity index (χ1n) is 6.29. The number of hydrogen-bond donors (Lipinski definition) is 2. The average Bonchev–Trinajstić information content (AvgIpc) is 2.41. The van der Waals surface area contributed by atoms with E-state index in [1.165, 1.54) is 18.2 Å². The van der Waals surface area contributed by atoms with Crippen molar-refractivity contribution in [3.8, 4) is 5.75 Å². The van der Waals surface area contributed by atoms with Crippen LogP contribution in [0.3, 0.4) is 0 Å². The molecule has 2 aromatic carbocycles. The lowest BCUT2D eigenvalue weighted by Crippen LogP contribution is -2.13. The van der Waals surface area contributed by atoms with Gasteiger partial charge in [-0.15, -0.1) is 0 Å². The number of rotatable bonds is 4. The van der Waals surface area contributed by atoms with Gasteiger partial charge in [-0.2, -0.15) is 0 Å². The smallest absolute Gasteiger partial charge is 0.255 e. The number of halogens is 2. The van der Waals surface area contributed by atoms with E-state index in [4.69, 9.17) is 22.1 Å². The summed E-state index contributed by atoms with van der Waals surface area (Å²) in [5, 5.41) is 2.72. The normalized spacial score (nSPS) is 10.2. The molecule has 0 saturated carbocycles. The van der Waals surface area contributed by atoms with Crippen molar-refractivity contribution in [1.82, 2.24) is 0 Å². The average molecular weight is 309 g/mol. The SMILES string of the molecule is CCOc1cc(N)cc(C(=O)Nc2ccc(Cl)cc2F)c1. The lowest BCUT2D eigenvalue weighted by atomic mass is 10.1. The Kier molecular flexibility index (Phi) is 4.65. The van der Waals surface area contributed by atoms with E-state index in [9.17, 15) is 9.18 Å². The molecule has 0 atom stereocenters. The van der Waals surface area contributed by atoms with Crippen molar-refractivity contribution in [3.05, 3.63) is 52.8 Å². The van der Waals surface area contributed by atoms with E-state index in [2.05, 4.69) is 5.32 Å².